The molecule has 16 heavy (non-hydrogen) atoms. The first-order chi connectivity index (χ1) is 7.74. The highest BCUT2D eigenvalue weighted by atomic mass is 79.9. The topological polar surface area (TPSA) is 34.2 Å². The second-order valence-electron chi connectivity index (χ2n) is 3.23. The fourth-order valence-corrected chi connectivity index (χ4v) is 3.04. The lowest BCUT2D eigenvalue weighted by Crippen LogP contribution is -1.95. The van der Waals surface area contributed by atoms with E-state index in [1.54, 1.807) is 11.3 Å². The van der Waals surface area contributed by atoms with Crippen molar-refractivity contribution in [3.05, 3.63) is 16.6 Å². The van der Waals surface area contributed by atoms with Gasteiger partial charge in [-0.1, -0.05) is 27.3 Å². The number of nitrogens with zero attached hydrogens (tertiary/aromatic N) is 1. The van der Waals surface area contributed by atoms with Gasteiger partial charge < -0.3 is 10.1 Å². The molecule has 0 amide bonds. The second kappa shape index (κ2) is 5.01. The van der Waals surface area contributed by atoms with Gasteiger partial charge >= 0.3 is 0 Å². The first kappa shape index (κ1) is 11.7. The predicted octanol–water partition coefficient (Wildman–Crippen LogP) is 3.89. The van der Waals surface area contributed by atoms with Crippen molar-refractivity contribution in [2.75, 3.05) is 18.5 Å². The Morgan fingerprint density at radius 1 is 1.44 bits per heavy atom. The molecule has 1 aromatic heterocycles. The van der Waals surface area contributed by atoms with Crippen LogP contribution in [-0.2, 0) is 0 Å². The van der Waals surface area contributed by atoms with Crippen molar-refractivity contribution in [3.8, 4) is 5.75 Å². The fraction of sp³-hybridized carbons (Fsp3) is 0.364. The number of ether oxygens (including phenoxy) is 1. The third-order valence-corrected chi connectivity index (χ3v) is 3.47. The number of hydrogen-bond acceptors (Lipinski definition) is 4. The standard InChI is InChI=1S/C11H13BrN2OS/c1-3-13-11-14-10-8(15-4-2)5-7(12)6-9(10)16-11/h5-6H,3-4H2,1-2H3,(H,13,14). The Kier molecular flexibility index (Phi) is 3.66. The smallest absolute Gasteiger partial charge is 0.183 e. The van der Waals surface area contributed by atoms with Crippen molar-refractivity contribution in [2.45, 2.75) is 13.8 Å². The summed E-state index contributed by atoms with van der Waals surface area (Å²) in [6.45, 7) is 5.57. The van der Waals surface area contributed by atoms with E-state index in [4.69, 9.17) is 4.74 Å². The first-order valence-corrected chi connectivity index (χ1v) is 6.82. The van der Waals surface area contributed by atoms with E-state index in [-0.39, 0.29) is 0 Å². The molecule has 0 aliphatic carbocycles. The minimum atomic E-state index is 0.652. The molecule has 5 heteroatoms. The van der Waals surface area contributed by atoms with Crippen molar-refractivity contribution in [2.24, 2.45) is 0 Å². The summed E-state index contributed by atoms with van der Waals surface area (Å²) >= 11 is 5.12. The zero-order chi connectivity index (χ0) is 11.5. The molecular formula is C11H13BrN2OS. The Labute approximate surface area is 107 Å². The molecule has 0 unspecified atom stereocenters. The number of hydrogen-bond donors (Lipinski definition) is 1. The van der Waals surface area contributed by atoms with Crippen molar-refractivity contribution in [3.63, 3.8) is 0 Å². The Morgan fingerprint density at radius 2 is 2.25 bits per heavy atom. The SMILES string of the molecule is CCNc1nc2c(OCC)cc(Br)cc2s1. The maximum absolute atomic E-state index is 5.58. The van der Waals surface area contributed by atoms with Crippen LogP contribution in [0.1, 0.15) is 13.8 Å². The minimum absolute atomic E-state index is 0.652. The van der Waals surface area contributed by atoms with Crippen LogP contribution in [0.15, 0.2) is 16.6 Å². The molecule has 2 rings (SSSR count). The van der Waals surface area contributed by atoms with Crippen LogP contribution in [0.4, 0.5) is 5.13 Å². The van der Waals surface area contributed by atoms with Gasteiger partial charge in [0.1, 0.15) is 11.3 Å². The molecule has 0 bridgehead atoms. The lowest BCUT2D eigenvalue weighted by molar-refractivity contribution is 0.343. The number of nitrogens with one attached hydrogen (secondary N) is 1. The number of rotatable bonds is 4. The van der Waals surface area contributed by atoms with Gasteiger partial charge in [-0.3, -0.25) is 0 Å². The van der Waals surface area contributed by atoms with Gasteiger partial charge in [0.25, 0.3) is 0 Å². The average molecular weight is 301 g/mol. The Morgan fingerprint density at radius 3 is 2.94 bits per heavy atom. The van der Waals surface area contributed by atoms with E-state index in [1.165, 1.54) is 0 Å². The number of benzene rings is 1. The van der Waals surface area contributed by atoms with E-state index in [0.717, 1.165) is 32.1 Å². The van der Waals surface area contributed by atoms with Gasteiger partial charge in [0.05, 0.1) is 11.3 Å². The van der Waals surface area contributed by atoms with Gasteiger partial charge in [0, 0.05) is 11.0 Å². The summed E-state index contributed by atoms with van der Waals surface area (Å²) < 4.78 is 7.73. The van der Waals surface area contributed by atoms with Crippen LogP contribution in [0.2, 0.25) is 0 Å². The molecule has 1 heterocycles. The van der Waals surface area contributed by atoms with Crippen molar-refractivity contribution in [1.82, 2.24) is 4.98 Å². The van der Waals surface area contributed by atoms with Gasteiger partial charge in [-0.25, -0.2) is 4.98 Å². The quantitative estimate of drug-likeness (QED) is 0.930. The lowest BCUT2D eigenvalue weighted by atomic mass is 10.3. The molecule has 0 aliphatic heterocycles. The average Bonchev–Trinajstić information content (AvgIpc) is 2.61. The van der Waals surface area contributed by atoms with Crippen LogP contribution in [0, 0.1) is 0 Å². The molecule has 1 aromatic carbocycles. The van der Waals surface area contributed by atoms with Gasteiger partial charge in [0.2, 0.25) is 0 Å². The van der Waals surface area contributed by atoms with Gasteiger partial charge in [-0.2, -0.15) is 0 Å². The zero-order valence-corrected chi connectivity index (χ0v) is 11.6. The number of halogens is 1. The molecule has 0 atom stereocenters. The molecule has 0 radical (unpaired) electrons. The van der Waals surface area contributed by atoms with Gasteiger partial charge in [0.15, 0.2) is 5.13 Å². The second-order valence-corrected chi connectivity index (χ2v) is 5.18. The maximum atomic E-state index is 5.58. The van der Waals surface area contributed by atoms with Crippen LogP contribution in [0.25, 0.3) is 10.2 Å². The molecule has 3 nitrogen and oxygen atoms in total. The number of thiazole rings is 1. The number of anilines is 1. The van der Waals surface area contributed by atoms with E-state index in [0.29, 0.717) is 6.61 Å². The van der Waals surface area contributed by atoms with Crippen LogP contribution in [0.5, 0.6) is 5.75 Å². The molecule has 0 aliphatic rings. The van der Waals surface area contributed by atoms with Gasteiger partial charge in [-0.05, 0) is 26.0 Å². The summed E-state index contributed by atoms with van der Waals surface area (Å²) in [5.74, 6) is 0.840. The third kappa shape index (κ3) is 2.30. The van der Waals surface area contributed by atoms with E-state index in [9.17, 15) is 0 Å². The summed E-state index contributed by atoms with van der Waals surface area (Å²) in [4.78, 5) is 4.52. The predicted molar refractivity (Wildman–Crippen MR) is 72.7 cm³/mol. The normalized spacial score (nSPS) is 10.7. The molecule has 0 saturated carbocycles. The summed E-state index contributed by atoms with van der Waals surface area (Å²) in [5.41, 5.74) is 0.936. The Balaban J connectivity index is 2.51. The third-order valence-electron chi connectivity index (χ3n) is 2.05. The maximum Gasteiger partial charge on any atom is 0.183 e. The summed E-state index contributed by atoms with van der Waals surface area (Å²) in [6.07, 6.45) is 0. The number of aromatic nitrogens is 1. The first-order valence-electron chi connectivity index (χ1n) is 5.21. The Hall–Kier alpha value is -0.810. The molecule has 0 fully saturated rings. The van der Waals surface area contributed by atoms with Crippen molar-refractivity contribution < 1.29 is 4.74 Å². The minimum Gasteiger partial charge on any atom is -0.492 e. The summed E-state index contributed by atoms with van der Waals surface area (Å²) in [7, 11) is 0. The highest BCUT2D eigenvalue weighted by Crippen LogP contribution is 2.35. The summed E-state index contributed by atoms with van der Waals surface area (Å²) in [5, 5.41) is 4.16. The molecule has 0 spiro atoms. The molecule has 2 aromatic rings. The molecule has 86 valence electrons. The molecule has 1 N–H and O–H groups in total. The molecule has 0 saturated heterocycles. The summed E-state index contributed by atoms with van der Waals surface area (Å²) in [6, 6.07) is 4.03. The van der Waals surface area contributed by atoms with Crippen LogP contribution < -0.4 is 10.1 Å². The lowest BCUT2D eigenvalue weighted by Gasteiger charge is -2.03. The van der Waals surface area contributed by atoms with Crippen LogP contribution in [-0.4, -0.2) is 18.1 Å². The van der Waals surface area contributed by atoms with Crippen molar-refractivity contribution >= 4 is 42.6 Å². The number of fused-ring (bicyclic) bond motifs is 1. The van der Waals surface area contributed by atoms with Crippen LogP contribution in [0.3, 0.4) is 0 Å². The molecular weight excluding hydrogens is 288 g/mol. The monoisotopic (exact) mass is 300 g/mol. The highest BCUT2D eigenvalue weighted by Gasteiger charge is 2.10. The van der Waals surface area contributed by atoms with Crippen LogP contribution >= 0.6 is 27.3 Å². The van der Waals surface area contributed by atoms with E-state index in [2.05, 4.69) is 39.2 Å². The van der Waals surface area contributed by atoms with E-state index < -0.39 is 0 Å². The van der Waals surface area contributed by atoms with Gasteiger partial charge in [-0.15, -0.1) is 0 Å². The van der Waals surface area contributed by atoms with E-state index in [1.807, 2.05) is 13.0 Å². The van der Waals surface area contributed by atoms with Crippen molar-refractivity contribution in [1.29, 1.82) is 0 Å². The zero-order valence-electron chi connectivity index (χ0n) is 9.21. The Bertz CT molecular complexity index is 498. The highest BCUT2D eigenvalue weighted by molar-refractivity contribution is 9.10. The fourth-order valence-electron chi connectivity index (χ4n) is 1.46. The van der Waals surface area contributed by atoms with E-state index >= 15 is 0 Å². The largest absolute Gasteiger partial charge is 0.492 e.